The summed E-state index contributed by atoms with van der Waals surface area (Å²) >= 11 is 0. The number of rotatable bonds is 4. The van der Waals surface area contributed by atoms with E-state index in [9.17, 15) is 24.5 Å². The molecule has 0 amide bonds. The maximum atomic E-state index is 12.2. The average Bonchev–Trinajstić information content (AvgIpc) is 2.95. The van der Waals surface area contributed by atoms with Gasteiger partial charge in [0, 0.05) is 24.8 Å². The van der Waals surface area contributed by atoms with Crippen LogP contribution in [0.3, 0.4) is 0 Å². The second-order valence-electron chi connectivity index (χ2n) is 5.87. The van der Waals surface area contributed by atoms with Gasteiger partial charge in [-0.1, -0.05) is 0 Å². The summed E-state index contributed by atoms with van der Waals surface area (Å²) in [5.74, 6) is -0.453. The smallest absolute Gasteiger partial charge is 0.428 e. The Morgan fingerprint density at radius 3 is 2.52 bits per heavy atom. The zero-order valence-electron chi connectivity index (χ0n) is 14.4. The summed E-state index contributed by atoms with van der Waals surface area (Å²) in [6, 6.07) is 6.44. The fourth-order valence-electron chi connectivity index (χ4n) is 2.70. The number of ether oxygens (including phenoxy) is 2. The first kappa shape index (κ1) is 18.1. The summed E-state index contributed by atoms with van der Waals surface area (Å²) in [5.41, 5.74) is 1.18. The van der Waals surface area contributed by atoms with Gasteiger partial charge in [-0.25, -0.2) is 4.79 Å². The van der Waals surface area contributed by atoms with Crippen LogP contribution < -0.4 is 4.74 Å². The Morgan fingerprint density at radius 1 is 1.22 bits per heavy atom. The van der Waals surface area contributed by atoms with Crippen molar-refractivity contribution in [3.63, 3.8) is 0 Å². The first-order chi connectivity index (χ1) is 12.8. The third kappa shape index (κ3) is 3.47. The summed E-state index contributed by atoms with van der Waals surface area (Å²) < 4.78 is 11.4. The molecule has 0 aliphatic heterocycles. The number of allylic oxidation sites excluding steroid dienone is 2. The zero-order valence-corrected chi connectivity index (χ0v) is 14.4. The minimum absolute atomic E-state index is 0.0851. The SMILES string of the molecule is CC1=CC(=O)c2c(cc(COC(=O)Oc3ccc([N+](=O)[O-])cc3)n2C)C1=O. The lowest BCUT2D eigenvalue weighted by atomic mass is 9.96. The monoisotopic (exact) mass is 370 g/mol. The second kappa shape index (κ2) is 6.87. The molecule has 0 N–H and O–H groups in total. The predicted molar refractivity (Wildman–Crippen MR) is 91.7 cm³/mol. The highest BCUT2D eigenvalue weighted by Crippen LogP contribution is 2.25. The molecule has 2 aromatic rings. The first-order valence-corrected chi connectivity index (χ1v) is 7.83. The number of carbonyl (C=O) groups is 3. The fourth-order valence-corrected chi connectivity index (χ4v) is 2.70. The van der Waals surface area contributed by atoms with Crippen LogP contribution in [0.1, 0.15) is 33.5 Å². The lowest BCUT2D eigenvalue weighted by Crippen LogP contribution is -2.17. The maximum Gasteiger partial charge on any atom is 0.514 e. The standard InChI is InChI=1S/C18H14N2O7/c1-10-7-15(21)16-14(17(10)22)8-12(19(16)2)9-26-18(23)27-13-5-3-11(4-6-13)20(24)25/h3-8H,9H2,1-2H3. The number of hydrogen-bond acceptors (Lipinski definition) is 7. The van der Waals surface area contributed by atoms with E-state index in [1.807, 2.05) is 0 Å². The van der Waals surface area contributed by atoms with Crippen LogP contribution in [-0.2, 0) is 18.4 Å². The molecule has 27 heavy (non-hydrogen) atoms. The lowest BCUT2D eigenvalue weighted by Gasteiger charge is -2.10. The number of hydrogen-bond donors (Lipinski definition) is 0. The van der Waals surface area contributed by atoms with Crippen molar-refractivity contribution in [1.82, 2.24) is 4.57 Å². The number of carbonyl (C=O) groups excluding carboxylic acids is 3. The fraction of sp³-hybridized carbons (Fsp3) is 0.167. The van der Waals surface area contributed by atoms with E-state index in [2.05, 4.69) is 0 Å². The van der Waals surface area contributed by atoms with E-state index in [0.29, 0.717) is 11.3 Å². The Labute approximate surface area is 152 Å². The van der Waals surface area contributed by atoms with Gasteiger partial charge in [-0.2, -0.15) is 0 Å². The number of fused-ring (bicyclic) bond motifs is 1. The molecule has 0 unspecified atom stereocenters. The summed E-state index contributed by atoms with van der Waals surface area (Å²) in [4.78, 5) is 46.1. The van der Waals surface area contributed by atoms with Gasteiger partial charge in [0.15, 0.2) is 5.78 Å². The van der Waals surface area contributed by atoms with Crippen molar-refractivity contribution in [2.45, 2.75) is 13.5 Å². The van der Waals surface area contributed by atoms with Crippen molar-refractivity contribution < 1.29 is 28.8 Å². The molecule has 0 atom stereocenters. The molecule has 0 saturated carbocycles. The van der Waals surface area contributed by atoms with Gasteiger partial charge in [-0.3, -0.25) is 19.7 Å². The van der Waals surface area contributed by atoms with Crippen molar-refractivity contribution in [2.75, 3.05) is 0 Å². The molecule has 0 radical (unpaired) electrons. The number of benzene rings is 1. The summed E-state index contributed by atoms with van der Waals surface area (Å²) in [7, 11) is 1.60. The minimum Gasteiger partial charge on any atom is -0.428 e. The number of nitro groups is 1. The van der Waals surface area contributed by atoms with E-state index in [1.165, 1.54) is 41.0 Å². The Kier molecular flexibility index (Phi) is 4.59. The van der Waals surface area contributed by atoms with Crippen LogP contribution in [0.2, 0.25) is 0 Å². The Morgan fingerprint density at radius 2 is 1.89 bits per heavy atom. The van der Waals surface area contributed by atoms with Crippen molar-refractivity contribution in [3.05, 3.63) is 69.0 Å². The molecular weight excluding hydrogens is 356 g/mol. The van der Waals surface area contributed by atoms with Gasteiger partial charge in [0.1, 0.15) is 18.1 Å². The van der Waals surface area contributed by atoms with E-state index >= 15 is 0 Å². The first-order valence-electron chi connectivity index (χ1n) is 7.83. The minimum atomic E-state index is -1.02. The molecule has 0 saturated heterocycles. The lowest BCUT2D eigenvalue weighted by molar-refractivity contribution is -0.384. The number of ketones is 2. The van der Waals surface area contributed by atoms with Crippen molar-refractivity contribution in [1.29, 1.82) is 0 Å². The number of nitrogens with zero attached hydrogens (tertiary/aromatic N) is 2. The van der Waals surface area contributed by atoms with Gasteiger partial charge in [-0.15, -0.1) is 0 Å². The van der Waals surface area contributed by atoms with Crippen LogP contribution in [-0.4, -0.2) is 27.2 Å². The van der Waals surface area contributed by atoms with E-state index in [0.717, 1.165) is 0 Å². The summed E-state index contributed by atoms with van der Waals surface area (Å²) in [6.07, 6.45) is 0.257. The molecule has 1 aliphatic carbocycles. The maximum absolute atomic E-state index is 12.2. The topological polar surface area (TPSA) is 118 Å². The summed E-state index contributed by atoms with van der Waals surface area (Å²) in [6.45, 7) is 1.35. The molecule has 1 aromatic carbocycles. The van der Waals surface area contributed by atoms with E-state index in [-0.39, 0.29) is 40.9 Å². The third-order valence-corrected chi connectivity index (χ3v) is 4.10. The molecular formula is C18H14N2O7. The van der Waals surface area contributed by atoms with Gasteiger partial charge < -0.3 is 14.0 Å². The average molecular weight is 370 g/mol. The second-order valence-corrected chi connectivity index (χ2v) is 5.87. The molecule has 1 aromatic heterocycles. The number of non-ortho nitro benzene ring substituents is 1. The van der Waals surface area contributed by atoms with Crippen LogP contribution in [0, 0.1) is 10.1 Å². The molecule has 9 heteroatoms. The molecule has 1 heterocycles. The van der Waals surface area contributed by atoms with Gasteiger partial charge >= 0.3 is 6.16 Å². The van der Waals surface area contributed by atoms with Gasteiger partial charge in [0.05, 0.1) is 16.2 Å². The Hall–Kier alpha value is -3.75. The van der Waals surface area contributed by atoms with E-state index in [1.54, 1.807) is 14.0 Å². The molecule has 0 spiro atoms. The highest BCUT2D eigenvalue weighted by Gasteiger charge is 2.28. The Balaban J connectivity index is 1.67. The van der Waals surface area contributed by atoms with Gasteiger partial charge in [0.25, 0.3) is 5.69 Å². The molecule has 3 rings (SSSR count). The number of Topliss-reactive ketones (excluding diaryl/α,β-unsaturated/α-hetero) is 1. The largest absolute Gasteiger partial charge is 0.514 e. The number of nitro benzene ring substituents is 1. The Bertz CT molecular complexity index is 999. The van der Waals surface area contributed by atoms with Crippen LogP contribution in [0.25, 0.3) is 0 Å². The zero-order chi connectivity index (χ0) is 19.7. The van der Waals surface area contributed by atoms with Crippen LogP contribution in [0.5, 0.6) is 5.75 Å². The third-order valence-electron chi connectivity index (χ3n) is 4.10. The number of aromatic nitrogens is 1. The van der Waals surface area contributed by atoms with E-state index in [4.69, 9.17) is 9.47 Å². The van der Waals surface area contributed by atoms with Crippen molar-refractivity contribution >= 4 is 23.4 Å². The highest BCUT2D eigenvalue weighted by atomic mass is 16.7. The van der Waals surface area contributed by atoms with Crippen LogP contribution in [0.4, 0.5) is 10.5 Å². The van der Waals surface area contributed by atoms with Crippen molar-refractivity contribution in [2.24, 2.45) is 7.05 Å². The summed E-state index contributed by atoms with van der Waals surface area (Å²) in [5, 5.41) is 10.6. The quantitative estimate of drug-likeness (QED) is 0.351. The molecule has 9 nitrogen and oxygen atoms in total. The van der Waals surface area contributed by atoms with Gasteiger partial charge in [0.2, 0.25) is 5.78 Å². The van der Waals surface area contributed by atoms with Crippen molar-refractivity contribution in [3.8, 4) is 5.75 Å². The highest BCUT2D eigenvalue weighted by molar-refractivity contribution is 6.23. The molecule has 0 bridgehead atoms. The molecule has 1 aliphatic rings. The predicted octanol–water partition coefficient (Wildman–Crippen LogP) is 2.97. The van der Waals surface area contributed by atoms with Crippen LogP contribution in [0.15, 0.2) is 42.0 Å². The molecule has 138 valence electrons. The van der Waals surface area contributed by atoms with Gasteiger partial charge in [-0.05, 0) is 31.2 Å². The van der Waals surface area contributed by atoms with Crippen LogP contribution >= 0.6 is 0 Å². The van der Waals surface area contributed by atoms with E-state index < -0.39 is 11.1 Å². The molecule has 0 fully saturated rings. The normalized spacial score (nSPS) is 13.0.